The topological polar surface area (TPSA) is 89.3 Å². The Morgan fingerprint density at radius 1 is 1.36 bits per heavy atom. The SMILES string of the molecule is Cc1cc(N[S+]([O-])C2(CCCO)CC2)c(Nc2ccc(I)cc2F)n(C)c1=O. The molecule has 0 aliphatic heterocycles. The van der Waals surface area contributed by atoms with Crippen molar-refractivity contribution in [2.75, 3.05) is 16.6 Å². The third-order valence-electron chi connectivity index (χ3n) is 4.97. The van der Waals surface area contributed by atoms with Crippen LogP contribution in [0, 0.1) is 16.3 Å². The summed E-state index contributed by atoms with van der Waals surface area (Å²) in [6, 6.07) is 6.40. The molecule has 1 saturated carbocycles. The highest BCUT2D eigenvalue weighted by Crippen LogP contribution is 2.48. The summed E-state index contributed by atoms with van der Waals surface area (Å²) in [5.74, 6) is -0.0874. The molecule has 1 heterocycles. The summed E-state index contributed by atoms with van der Waals surface area (Å²) in [7, 11) is 1.59. The van der Waals surface area contributed by atoms with Crippen LogP contribution in [0.5, 0.6) is 0 Å². The van der Waals surface area contributed by atoms with Crippen LogP contribution in [0.4, 0.5) is 21.6 Å². The first kappa shape index (κ1) is 21.4. The van der Waals surface area contributed by atoms with Gasteiger partial charge < -0.3 is 15.0 Å². The molecule has 0 spiro atoms. The van der Waals surface area contributed by atoms with E-state index in [1.165, 1.54) is 10.6 Å². The molecule has 1 aromatic heterocycles. The van der Waals surface area contributed by atoms with Crippen molar-refractivity contribution >= 4 is 51.1 Å². The van der Waals surface area contributed by atoms with E-state index in [0.29, 0.717) is 29.9 Å². The van der Waals surface area contributed by atoms with Crippen molar-refractivity contribution in [1.29, 1.82) is 0 Å². The van der Waals surface area contributed by atoms with Gasteiger partial charge in [-0.05, 0) is 60.2 Å². The molecule has 152 valence electrons. The van der Waals surface area contributed by atoms with Crippen molar-refractivity contribution in [2.24, 2.45) is 7.05 Å². The maximum absolute atomic E-state index is 14.3. The van der Waals surface area contributed by atoms with Crippen molar-refractivity contribution in [3.63, 3.8) is 0 Å². The van der Waals surface area contributed by atoms with Crippen LogP contribution in [0.15, 0.2) is 29.1 Å². The molecule has 0 radical (unpaired) electrons. The number of aromatic nitrogens is 1. The van der Waals surface area contributed by atoms with E-state index in [4.69, 9.17) is 5.11 Å². The molecular weight excluding hydrogens is 496 g/mol. The first-order chi connectivity index (χ1) is 13.3. The van der Waals surface area contributed by atoms with E-state index >= 15 is 0 Å². The lowest BCUT2D eigenvalue weighted by atomic mass is 10.2. The zero-order chi connectivity index (χ0) is 20.5. The van der Waals surface area contributed by atoms with Gasteiger partial charge in [-0.2, -0.15) is 0 Å². The number of aliphatic hydroxyl groups is 1. The van der Waals surface area contributed by atoms with Gasteiger partial charge in [0.25, 0.3) is 5.56 Å². The summed E-state index contributed by atoms with van der Waals surface area (Å²) in [5.41, 5.74) is 0.989. The van der Waals surface area contributed by atoms with Gasteiger partial charge in [-0.3, -0.25) is 9.36 Å². The van der Waals surface area contributed by atoms with Crippen LogP contribution in [0.3, 0.4) is 0 Å². The smallest absolute Gasteiger partial charge is 0.254 e. The second-order valence-corrected chi connectivity index (χ2v) is 9.94. The number of pyridine rings is 1. The van der Waals surface area contributed by atoms with Crippen LogP contribution in [0.1, 0.15) is 31.2 Å². The number of nitrogens with zero attached hydrogens (tertiary/aromatic N) is 1. The number of aliphatic hydroxyl groups excluding tert-OH is 1. The van der Waals surface area contributed by atoms with Crippen molar-refractivity contribution in [1.82, 2.24) is 4.57 Å². The summed E-state index contributed by atoms with van der Waals surface area (Å²) in [4.78, 5) is 12.4. The van der Waals surface area contributed by atoms with Gasteiger partial charge >= 0.3 is 0 Å². The lowest BCUT2D eigenvalue weighted by Crippen LogP contribution is -2.32. The number of nitrogens with one attached hydrogen (secondary N) is 2. The fourth-order valence-corrected chi connectivity index (χ4v) is 4.95. The van der Waals surface area contributed by atoms with Gasteiger partial charge in [0.2, 0.25) is 0 Å². The van der Waals surface area contributed by atoms with Gasteiger partial charge in [0.05, 0.1) is 17.0 Å². The molecular formula is C19H23FIN3O3S. The Bertz CT molecular complexity index is 933. The molecule has 2 aromatic rings. The molecule has 1 fully saturated rings. The predicted octanol–water partition coefficient (Wildman–Crippen LogP) is 3.56. The third-order valence-corrected chi connectivity index (χ3v) is 7.45. The molecule has 3 rings (SSSR count). The van der Waals surface area contributed by atoms with Gasteiger partial charge in [0, 0.05) is 42.1 Å². The van der Waals surface area contributed by atoms with Gasteiger partial charge in [-0.25, -0.2) is 9.11 Å². The Labute approximate surface area is 180 Å². The quantitative estimate of drug-likeness (QED) is 0.367. The minimum atomic E-state index is -1.38. The number of aryl methyl sites for hydroxylation is 1. The van der Waals surface area contributed by atoms with E-state index in [1.807, 2.05) is 22.6 Å². The molecule has 0 amide bonds. The average molecular weight is 519 g/mol. The molecule has 9 heteroatoms. The Kier molecular flexibility index (Phi) is 6.58. The highest BCUT2D eigenvalue weighted by molar-refractivity contribution is 14.1. The average Bonchev–Trinajstić information content (AvgIpc) is 3.44. The highest BCUT2D eigenvalue weighted by Gasteiger charge is 2.54. The van der Waals surface area contributed by atoms with Crippen LogP contribution in [0.25, 0.3) is 0 Å². The van der Waals surface area contributed by atoms with E-state index in [1.54, 1.807) is 32.2 Å². The van der Waals surface area contributed by atoms with E-state index < -0.39 is 17.2 Å². The van der Waals surface area contributed by atoms with Crippen molar-refractivity contribution < 1.29 is 14.0 Å². The minimum absolute atomic E-state index is 0.0663. The molecule has 28 heavy (non-hydrogen) atoms. The van der Waals surface area contributed by atoms with Crippen molar-refractivity contribution in [3.8, 4) is 0 Å². The standard InChI is InChI=1S/C19H23FIN3O3S/c1-12-10-16(23-28(27)19(7-8-19)6-3-9-25)17(24(2)18(12)26)22-15-5-4-13(21)11-14(15)20/h4-5,10-11,22-23,25H,3,6-9H2,1-2H3. The minimum Gasteiger partial charge on any atom is -0.593 e. The number of rotatable bonds is 8. The molecule has 1 unspecified atom stereocenters. The lowest BCUT2D eigenvalue weighted by molar-refractivity contribution is 0.282. The monoisotopic (exact) mass is 519 g/mol. The number of halogens is 2. The summed E-state index contributed by atoms with van der Waals surface area (Å²) < 4.78 is 32.1. The molecule has 1 aliphatic carbocycles. The Hall–Kier alpha value is -1.30. The summed E-state index contributed by atoms with van der Waals surface area (Å²) in [6.45, 7) is 1.75. The highest BCUT2D eigenvalue weighted by atomic mass is 127. The number of benzene rings is 1. The number of hydrogen-bond donors (Lipinski definition) is 3. The van der Waals surface area contributed by atoms with Crippen LogP contribution < -0.4 is 15.6 Å². The maximum Gasteiger partial charge on any atom is 0.254 e. The van der Waals surface area contributed by atoms with Crippen molar-refractivity contribution in [2.45, 2.75) is 37.4 Å². The van der Waals surface area contributed by atoms with Crippen LogP contribution in [-0.4, -0.2) is 25.6 Å². The second-order valence-electron chi connectivity index (χ2n) is 7.08. The van der Waals surface area contributed by atoms with Gasteiger partial charge in [0.1, 0.15) is 17.3 Å². The van der Waals surface area contributed by atoms with E-state index in [2.05, 4.69) is 10.0 Å². The first-order valence-corrected chi connectivity index (χ1v) is 11.2. The Balaban J connectivity index is 1.93. The first-order valence-electron chi connectivity index (χ1n) is 8.99. The van der Waals surface area contributed by atoms with Crippen molar-refractivity contribution in [3.05, 3.63) is 49.6 Å². The van der Waals surface area contributed by atoms with Gasteiger partial charge in [-0.1, -0.05) is 0 Å². The van der Waals surface area contributed by atoms with E-state index in [-0.39, 0.29) is 22.6 Å². The number of hydrogen-bond acceptors (Lipinski definition) is 5. The third kappa shape index (κ3) is 4.47. The Morgan fingerprint density at radius 2 is 2.07 bits per heavy atom. The van der Waals surface area contributed by atoms with Gasteiger partial charge in [0.15, 0.2) is 4.75 Å². The molecule has 3 N–H and O–H groups in total. The fourth-order valence-electron chi connectivity index (χ4n) is 3.12. The summed E-state index contributed by atoms with van der Waals surface area (Å²) >= 11 is 0.642. The van der Waals surface area contributed by atoms with Crippen LogP contribution in [-0.2, 0) is 18.4 Å². The molecule has 1 aromatic carbocycles. The number of anilines is 3. The maximum atomic E-state index is 14.3. The summed E-state index contributed by atoms with van der Waals surface area (Å²) in [6.07, 6.45) is 2.92. The second kappa shape index (κ2) is 8.60. The molecule has 1 aliphatic rings. The molecule has 1 atom stereocenters. The molecule has 0 saturated heterocycles. The van der Waals surface area contributed by atoms with Gasteiger partial charge in [-0.15, -0.1) is 0 Å². The normalized spacial score (nSPS) is 15.9. The predicted molar refractivity (Wildman–Crippen MR) is 119 cm³/mol. The zero-order valence-corrected chi connectivity index (χ0v) is 18.7. The molecule has 6 nitrogen and oxygen atoms in total. The van der Waals surface area contributed by atoms with Crippen LogP contribution >= 0.6 is 22.6 Å². The molecule has 0 bridgehead atoms. The van der Waals surface area contributed by atoms with E-state index in [0.717, 1.165) is 16.4 Å². The van der Waals surface area contributed by atoms with Crippen LogP contribution in [0.2, 0.25) is 0 Å². The fraction of sp³-hybridized carbons (Fsp3) is 0.421. The largest absolute Gasteiger partial charge is 0.593 e. The lowest BCUT2D eigenvalue weighted by Gasteiger charge is -2.24. The zero-order valence-electron chi connectivity index (χ0n) is 15.7. The van der Waals surface area contributed by atoms with E-state index in [9.17, 15) is 13.7 Å². The summed E-state index contributed by atoms with van der Waals surface area (Å²) in [5, 5.41) is 12.1. The Morgan fingerprint density at radius 3 is 2.68 bits per heavy atom.